The lowest BCUT2D eigenvalue weighted by Gasteiger charge is -2.24. The number of hydrogen-bond acceptors (Lipinski definition) is 2. The Bertz CT molecular complexity index is 497. The molecule has 2 rings (SSSR count). The number of aromatic nitrogens is 1. The van der Waals surface area contributed by atoms with Crippen LogP contribution in [0.3, 0.4) is 0 Å². The number of hydrogen-bond donors (Lipinski definition) is 1. The van der Waals surface area contributed by atoms with E-state index in [4.69, 9.17) is 0 Å². The molecule has 0 saturated carbocycles. The van der Waals surface area contributed by atoms with Crippen molar-refractivity contribution in [2.24, 2.45) is 0 Å². The molecule has 88 valence electrons. The number of rotatable bonds is 3. The van der Waals surface area contributed by atoms with Gasteiger partial charge in [0.2, 0.25) is 0 Å². The zero-order valence-electron chi connectivity index (χ0n) is 9.60. The second-order valence-corrected chi connectivity index (χ2v) is 4.29. The quantitative estimate of drug-likeness (QED) is 0.881. The van der Waals surface area contributed by atoms with Gasteiger partial charge in [-0.2, -0.15) is 0 Å². The van der Waals surface area contributed by atoms with Gasteiger partial charge < -0.3 is 5.11 Å². The van der Waals surface area contributed by atoms with Crippen molar-refractivity contribution < 1.29 is 9.50 Å². The predicted molar refractivity (Wildman–Crippen MR) is 63.9 cm³/mol. The van der Waals surface area contributed by atoms with Crippen LogP contribution in [0.2, 0.25) is 0 Å². The van der Waals surface area contributed by atoms with E-state index in [1.54, 1.807) is 43.6 Å². The van der Waals surface area contributed by atoms with Gasteiger partial charge in [0, 0.05) is 24.4 Å². The van der Waals surface area contributed by atoms with Gasteiger partial charge in [-0.3, -0.25) is 4.98 Å². The molecule has 3 heteroatoms. The second kappa shape index (κ2) is 4.63. The molecule has 1 unspecified atom stereocenters. The molecule has 0 fully saturated rings. The Kier molecular flexibility index (Phi) is 3.20. The first-order valence-electron chi connectivity index (χ1n) is 5.46. The molecule has 2 nitrogen and oxygen atoms in total. The molecule has 0 bridgehead atoms. The average Bonchev–Trinajstić information content (AvgIpc) is 2.30. The fraction of sp³-hybridized carbons (Fsp3) is 0.214. The van der Waals surface area contributed by atoms with E-state index in [2.05, 4.69) is 4.98 Å². The first kappa shape index (κ1) is 11.7. The first-order chi connectivity index (χ1) is 8.09. The fourth-order valence-corrected chi connectivity index (χ4v) is 1.89. The molecular formula is C14H14FNO. The summed E-state index contributed by atoms with van der Waals surface area (Å²) < 4.78 is 13.6. The monoisotopic (exact) mass is 231 g/mol. The van der Waals surface area contributed by atoms with Gasteiger partial charge in [-0.15, -0.1) is 0 Å². The zero-order valence-corrected chi connectivity index (χ0v) is 9.60. The molecule has 0 spiro atoms. The molecule has 1 aromatic heterocycles. The standard InChI is InChI=1S/C14H14FNO/c1-14(17,9-11-5-4-8-16-10-11)12-6-2-3-7-13(12)15/h2-8,10,17H,9H2,1H3. The largest absolute Gasteiger partial charge is 0.385 e. The predicted octanol–water partition coefficient (Wildman–Crippen LogP) is 2.67. The van der Waals surface area contributed by atoms with Gasteiger partial charge in [0.05, 0.1) is 5.60 Å². The normalized spacial score (nSPS) is 14.3. The molecule has 1 N–H and O–H groups in total. The molecule has 0 saturated heterocycles. The third-order valence-electron chi connectivity index (χ3n) is 2.73. The van der Waals surface area contributed by atoms with Crippen molar-refractivity contribution in [3.05, 3.63) is 65.7 Å². The summed E-state index contributed by atoms with van der Waals surface area (Å²) in [5, 5.41) is 10.4. The summed E-state index contributed by atoms with van der Waals surface area (Å²) in [5.41, 5.74) is -0.0430. The van der Waals surface area contributed by atoms with E-state index >= 15 is 0 Å². The van der Waals surface area contributed by atoms with Crippen molar-refractivity contribution >= 4 is 0 Å². The first-order valence-corrected chi connectivity index (χ1v) is 5.46. The van der Waals surface area contributed by atoms with Gasteiger partial charge in [0.15, 0.2) is 0 Å². The maximum Gasteiger partial charge on any atom is 0.129 e. The molecule has 0 aliphatic rings. The van der Waals surface area contributed by atoms with Gasteiger partial charge in [-0.25, -0.2) is 4.39 Å². The van der Waals surface area contributed by atoms with Crippen LogP contribution < -0.4 is 0 Å². The van der Waals surface area contributed by atoms with Crippen LogP contribution in [0, 0.1) is 5.82 Å². The van der Waals surface area contributed by atoms with Gasteiger partial charge in [-0.1, -0.05) is 24.3 Å². The fourth-order valence-electron chi connectivity index (χ4n) is 1.89. The third kappa shape index (κ3) is 2.68. The Balaban J connectivity index is 2.28. The minimum atomic E-state index is -1.23. The summed E-state index contributed by atoms with van der Waals surface area (Å²) in [7, 11) is 0. The van der Waals surface area contributed by atoms with Crippen LogP contribution in [0.5, 0.6) is 0 Å². The number of benzene rings is 1. The molecule has 0 amide bonds. The Morgan fingerprint density at radius 2 is 2.00 bits per heavy atom. The number of nitrogens with zero attached hydrogens (tertiary/aromatic N) is 1. The van der Waals surface area contributed by atoms with Crippen molar-refractivity contribution in [3.63, 3.8) is 0 Å². The number of halogens is 1. The van der Waals surface area contributed by atoms with E-state index < -0.39 is 5.60 Å². The second-order valence-electron chi connectivity index (χ2n) is 4.29. The summed E-state index contributed by atoms with van der Waals surface area (Å²) in [6, 6.07) is 9.95. The Labute approximate surface area is 99.8 Å². The molecule has 2 aromatic rings. The van der Waals surface area contributed by atoms with E-state index in [9.17, 15) is 9.50 Å². The molecule has 1 atom stereocenters. The van der Waals surface area contributed by atoms with Gasteiger partial charge in [0.1, 0.15) is 5.82 Å². The van der Waals surface area contributed by atoms with Gasteiger partial charge in [-0.05, 0) is 24.6 Å². The van der Waals surface area contributed by atoms with Crippen LogP contribution in [0.15, 0.2) is 48.8 Å². The van der Waals surface area contributed by atoms with Gasteiger partial charge in [0.25, 0.3) is 0 Å². The summed E-state index contributed by atoms with van der Waals surface area (Å²) in [5.74, 6) is -0.388. The van der Waals surface area contributed by atoms with E-state index in [1.165, 1.54) is 6.07 Å². The highest BCUT2D eigenvalue weighted by Gasteiger charge is 2.26. The summed E-state index contributed by atoms with van der Waals surface area (Å²) in [4.78, 5) is 3.98. The lowest BCUT2D eigenvalue weighted by atomic mass is 9.89. The van der Waals surface area contributed by atoms with Crippen LogP contribution in [-0.2, 0) is 12.0 Å². The van der Waals surface area contributed by atoms with E-state index in [1.807, 2.05) is 6.07 Å². The van der Waals surface area contributed by atoms with Crippen LogP contribution in [0.4, 0.5) is 4.39 Å². The lowest BCUT2D eigenvalue weighted by Crippen LogP contribution is -2.25. The zero-order chi connectivity index (χ0) is 12.3. The van der Waals surface area contributed by atoms with Crippen LogP contribution in [0.25, 0.3) is 0 Å². The minimum absolute atomic E-state index is 0.309. The SMILES string of the molecule is CC(O)(Cc1cccnc1)c1ccccc1F. The lowest BCUT2D eigenvalue weighted by molar-refractivity contribution is 0.0537. The molecule has 1 heterocycles. The van der Waals surface area contributed by atoms with Crippen LogP contribution >= 0.6 is 0 Å². The average molecular weight is 231 g/mol. The summed E-state index contributed by atoms with van der Waals surface area (Å²) >= 11 is 0. The Morgan fingerprint density at radius 3 is 2.65 bits per heavy atom. The summed E-state index contributed by atoms with van der Waals surface area (Å²) in [6.07, 6.45) is 3.68. The topological polar surface area (TPSA) is 33.1 Å². The molecule has 0 aliphatic carbocycles. The maximum absolute atomic E-state index is 13.6. The van der Waals surface area contributed by atoms with E-state index in [0.717, 1.165) is 5.56 Å². The number of pyridine rings is 1. The molecule has 0 radical (unpaired) electrons. The molecule has 0 aliphatic heterocycles. The van der Waals surface area contributed by atoms with Crippen LogP contribution in [-0.4, -0.2) is 10.1 Å². The molecular weight excluding hydrogens is 217 g/mol. The smallest absolute Gasteiger partial charge is 0.129 e. The third-order valence-corrected chi connectivity index (χ3v) is 2.73. The van der Waals surface area contributed by atoms with Crippen molar-refractivity contribution in [1.29, 1.82) is 0 Å². The number of aliphatic hydroxyl groups is 1. The molecule has 17 heavy (non-hydrogen) atoms. The van der Waals surface area contributed by atoms with Crippen molar-refractivity contribution in [2.75, 3.05) is 0 Å². The van der Waals surface area contributed by atoms with E-state index in [0.29, 0.717) is 12.0 Å². The summed E-state index contributed by atoms with van der Waals surface area (Å²) in [6.45, 7) is 1.61. The van der Waals surface area contributed by atoms with Crippen LogP contribution in [0.1, 0.15) is 18.1 Å². The molecule has 1 aromatic carbocycles. The minimum Gasteiger partial charge on any atom is -0.385 e. The van der Waals surface area contributed by atoms with Crippen molar-refractivity contribution in [3.8, 4) is 0 Å². The highest BCUT2D eigenvalue weighted by atomic mass is 19.1. The highest BCUT2D eigenvalue weighted by molar-refractivity contribution is 5.26. The highest BCUT2D eigenvalue weighted by Crippen LogP contribution is 2.26. The maximum atomic E-state index is 13.6. The van der Waals surface area contributed by atoms with Gasteiger partial charge >= 0.3 is 0 Å². The Hall–Kier alpha value is -1.74. The Morgan fingerprint density at radius 1 is 1.24 bits per heavy atom. The van der Waals surface area contributed by atoms with Crippen molar-refractivity contribution in [1.82, 2.24) is 4.98 Å². The van der Waals surface area contributed by atoms with E-state index in [-0.39, 0.29) is 5.82 Å². The van der Waals surface area contributed by atoms with Crippen molar-refractivity contribution in [2.45, 2.75) is 18.9 Å².